The molecular formula is C22H33N3OS. The average Bonchev–Trinajstić information content (AvgIpc) is 2.94. The van der Waals surface area contributed by atoms with E-state index in [1.54, 1.807) is 0 Å². The maximum Gasteiger partial charge on any atom is 0.263 e. The molecule has 2 heterocycles. The van der Waals surface area contributed by atoms with Crippen molar-refractivity contribution in [3.8, 4) is 0 Å². The Balaban J connectivity index is 1.71. The van der Waals surface area contributed by atoms with Gasteiger partial charge in [0.2, 0.25) is 0 Å². The number of carbonyl (C=O) groups is 1. The van der Waals surface area contributed by atoms with E-state index < -0.39 is 0 Å². The molecular weight excluding hydrogens is 354 g/mol. The number of amides is 1. The number of fused-ring (bicyclic) bond motifs is 1. The lowest BCUT2D eigenvalue weighted by Crippen LogP contribution is -2.34. The molecule has 3 rings (SSSR count). The van der Waals surface area contributed by atoms with Gasteiger partial charge in [0.15, 0.2) is 0 Å². The molecule has 27 heavy (non-hydrogen) atoms. The Labute approximate surface area is 166 Å². The van der Waals surface area contributed by atoms with Crippen molar-refractivity contribution >= 4 is 33.1 Å². The lowest BCUT2D eigenvalue weighted by molar-refractivity contribution is 0.0936. The summed E-state index contributed by atoms with van der Waals surface area (Å²) in [6, 6.07) is 2.29. The summed E-state index contributed by atoms with van der Waals surface area (Å²) in [4.78, 5) is 19.0. The molecule has 1 amide bonds. The van der Waals surface area contributed by atoms with Crippen LogP contribution in [-0.4, -0.2) is 16.9 Å². The SMILES string of the molecule is Cc1cc(C)c2c(N)c(C(=O)NC3CCCCCCCCCCC3)sc2n1. The van der Waals surface area contributed by atoms with Crippen molar-refractivity contribution in [2.24, 2.45) is 0 Å². The van der Waals surface area contributed by atoms with Crippen LogP contribution >= 0.6 is 11.3 Å². The number of thiophene rings is 1. The van der Waals surface area contributed by atoms with Crippen molar-refractivity contribution in [2.75, 3.05) is 5.73 Å². The highest BCUT2D eigenvalue weighted by Crippen LogP contribution is 2.35. The summed E-state index contributed by atoms with van der Waals surface area (Å²) in [7, 11) is 0. The average molecular weight is 388 g/mol. The normalized spacial score (nSPS) is 18.0. The number of nitrogens with one attached hydrogen (secondary N) is 1. The Kier molecular flexibility index (Phi) is 7.11. The van der Waals surface area contributed by atoms with Crippen LogP contribution in [0.2, 0.25) is 0 Å². The standard InChI is InChI=1S/C22H33N3OS/c1-15-14-16(2)24-22-18(15)19(23)20(27-22)21(26)25-17-12-10-8-6-4-3-5-7-9-11-13-17/h14,17H,3-13,23H2,1-2H3,(H,25,26). The maximum absolute atomic E-state index is 13.0. The number of nitrogens with zero attached hydrogens (tertiary/aromatic N) is 1. The van der Waals surface area contributed by atoms with E-state index in [1.807, 2.05) is 19.9 Å². The molecule has 2 aromatic rings. The fraction of sp³-hybridized carbons (Fsp3) is 0.636. The molecule has 1 saturated carbocycles. The molecule has 1 fully saturated rings. The van der Waals surface area contributed by atoms with E-state index in [1.165, 1.54) is 69.1 Å². The van der Waals surface area contributed by atoms with Gasteiger partial charge in [-0.05, 0) is 38.3 Å². The van der Waals surface area contributed by atoms with Gasteiger partial charge < -0.3 is 11.1 Å². The van der Waals surface area contributed by atoms with Crippen LogP contribution in [0.4, 0.5) is 5.69 Å². The lowest BCUT2D eigenvalue weighted by atomic mass is 9.98. The van der Waals surface area contributed by atoms with E-state index in [0.29, 0.717) is 10.6 Å². The topological polar surface area (TPSA) is 68.0 Å². The Morgan fingerprint density at radius 3 is 2.19 bits per heavy atom. The first-order valence-corrected chi connectivity index (χ1v) is 11.3. The van der Waals surface area contributed by atoms with Gasteiger partial charge in [-0.2, -0.15) is 0 Å². The van der Waals surface area contributed by atoms with Crippen molar-refractivity contribution < 1.29 is 4.79 Å². The first-order chi connectivity index (χ1) is 13.1. The largest absolute Gasteiger partial charge is 0.397 e. The van der Waals surface area contributed by atoms with Crippen LogP contribution in [-0.2, 0) is 0 Å². The zero-order chi connectivity index (χ0) is 19.2. The molecule has 0 saturated heterocycles. The van der Waals surface area contributed by atoms with E-state index in [4.69, 9.17) is 5.73 Å². The molecule has 0 bridgehead atoms. The Hall–Kier alpha value is -1.62. The molecule has 0 atom stereocenters. The van der Waals surface area contributed by atoms with Gasteiger partial charge in [0, 0.05) is 17.1 Å². The van der Waals surface area contributed by atoms with E-state index in [0.717, 1.165) is 34.3 Å². The number of carbonyl (C=O) groups excluding carboxylic acids is 1. The number of pyridine rings is 1. The second-order valence-corrected chi connectivity index (χ2v) is 9.03. The van der Waals surface area contributed by atoms with E-state index >= 15 is 0 Å². The summed E-state index contributed by atoms with van der Waals surface area (Å²) in [5, 5.41) is 4.23. The third-order valence-electron chi connectivity index (χ3n) is 5.67. The van der Waals surface area contributed by atoms with Gasteiger partial charge in [0.05, 0.1) is 5.69 Å². The zero-order valence-corrected chi connectivity index (χ0v) is 17.6. The molecule has 0 aromatic carbocycles. The van der Waals surface area contributed by atoms with Crippen LogP contribution in [0, 0.1) is 13.8 Å². The van der Waals surface area contributed by atoms with Crippen LogP contribution < -0.4 is 11.1 Å². The highest BCUT2D eigenvalue weighted by atomic mass is 32.1. The second-order valence-electron chi connectivity index (χ2n) is 8.04. The van der Waals surface area contributed by atoms with Gasteiger partial charge in [0.1, 0.15) is 9.71 Å². The van der Waals surface area contributed by atoms with Crippen molar-refractivity contribution in [3.05, 3.63) is 22.2 Å². The molecule has 1 aliphatic rings. The molecule has 0 aliphatic heterocycles. The fourth-order valence-electron chi connectivity index (χ4n) is 4.20. The van der Waals surface area contributed by atoms with Gasteiger partial charge in [-0.15, -0.1) is 11.3 Å². The molecule has 0 radical (unpaired) electrons. The number of aromatic nitrogens is 1. The van der Waals surface area contributed by atoms with E-state index in [2.05, 4.69) is 10.3 Å². The molecule has 0 unspecified atom stereocenters. The monoisotopic (exact) mass is 387 g/mol. The summed E-state index contributed by atoms with van der Waals surface area (Å²) in [6.45, 7) is 4.02. The predicted molar refractivity (Wildman–Crippen MR) is 116 cm³/mol. The van der Waals surface area contributed by atoms with Gasteiger partial charge in [-0.1, -0.05) is 57.8 Å². The van der Waals surface area contributed by atoms with Crippen LogP contribution in [0.25, 0.3) is 10.2 Å². The first kappa shape index (κ1) is 20.1. The van der Waals surface area contributed by atoms with Gasteiger partial charge >= 0.3 is 0 Å². The van der Waals surface area contributed by atoms with Crippen molar-refractivity contribution in [3.63, 3.8) is 0 Å². The molecule has 3 N–H and O–H groups in total. The number of hydrogen-bond acceptors (Lipinski definition) is 4. The molecule has 4 nitrogen and oxygen atoms in total. The van der Waals surface area contributed by atoms with Crippen LogP contribution in [0.15, 0.2) is 6.07 Å². The van der Waals surface area contributed by atoms with Gasteiger partial charge in [-0.25, -0.2) is 4.98 Å². The molecule has 5 heteroatoms. The van der Waals surface area contributed by atoms with Crippen molar-refractivity contribution in [1.29, 1.82) is 0 Å². The van der Waals surface area contributed by atoms with Crippen LogP contribution in [0.1, 0.15) is 91.6 Å². The van der Waals surface area contributed by atoms with E-state index in [-0.39, 0.29) is 11.9 Å². The van der Waals surface area contributed by atoms with E-state index in [9.17, 15) is 4.79 Å². The third-order valence-corrected chi connectivity index (χ3v) is 6.77. The van der Waals surface area contributed by atoms with Crippen molar-refractivity contribution in [1.82, 2.24) is 10.3 Å². The zero-order valence-electron chi connectivity index (χ0n) is 16.8. The fourth-order valence-corrected chi connectivity index (χ4v) is 5.32. The predicted octanol–water partition coefficient (Wildman–Crippen LogP) is 5.90. The number of nitrogen functional groups attached to an aromatic ring is 1. The quantitative estimate of drug-likeness (QED) is 0.674. The summed E-state index contributed by atoms with van der Waals surface area (Å²) < 4.78 is 0. The Morgan fingerprint density at radius 1 is 1.04 bits per heavy atom. The third kappa shape index (κ3) is 5.22. The number of nitrogens with two attached hydrogens (primary N) is 1. The van der Waals surface area contributed by atoms with Gasteiger partial charge in [0.25, 0.3) is 5.91 Å². The van der Waals surface area contributed by atoms with Gasteiger partial charge in [-0.3, -0.25) is 4.79 Å². The minimum atomic E-state index is -0.0235. The highest BCUT2D eigenvalue weighted by Gasteiger charge is 2.21. The molecule has 0 spiro atoms. The minimum absolute atomic E-state index is 0.0235. The lowest BCUT2D eigenvalue weighted by Gasteiger charge is -2.19. The highest BCUT2D eigenvalue weighted by molar-refractivity contribution is 7.21. The number of aryl methyl sites for hydroxylation is 2. The molecule has 2 aromatic heterocycles. The van der Waals surface area contributed by atoms with Crippen LogP contribution in [0.3, 0.4) is 0 Å². The summed E-state index contributed by atoms with van der Waals surface area (Å²) in [6.07, 6.45) is 13.9. The summed E-state index contributed by atoms with van der Waals surface area (Å²) in [5.74, 6) is -0.0235. The first-order valence-electron chi connectivity index (χ1n) is 10.5. The smallest absolute Gasteiger partial charge is 0.263 e. The Morgan fingerprint density at radius 2 is 1.59 bits per heavy atom. The second kappa shape index (κ2) is 9.54. The number of anilines is 1. The summed E-state index contributed by atoms with van der Waals surface area (Å²) >= 11 is 1.42. The molecule has 1 aliphatic carbocycles. The number of hydrogen-bond donors (Lipinski definition) is 2. The van der Waals surface area contributed by atoms with Crippen molar-refractivity contribution in [2.45, 2.75) is 90.5 Å². The Bertz CT molecular complexity index is 771. The van der Waals surface area contributed by atoms with Crippen LogP contribution in [0.5, 0.6) is 0 Å². The molecule has 148 valence electrons. The number of rotatable bonds is 2. The maximum atomic E-state index is 13.0. The summed E-state index contributed by atoms with van der Waals surface area (Å²) in [5.41, 5.74) is 8.99. The minimum Gasteiger partial charge on any atom is -0.397 e.